The second kappa shape index (κ2) is 13.5. The van der Waals surface area contributed by atoms with Gasteiger partial charge in [0.1, 0.15) is 0 Å². The van der Waals surface area contributed by atoms with E-state index in [2.05, 4.69) is 55.4 Å². The number of carbonyl (C=O) groups is 1. The van der Waals surface area contributed by atoms with Gasteiger partial charge in [-0.15, -0.1) is 0 Å². The summed E-state index contributed by atoms with van der Waals surface area (Å²) in [6.07, 6.45) is 0.766. The quantitative estimate of drug-likeness (QED) is 0.439. The first-order valence-electron chi connectivity index (χ1n) is 12.5. The highest BCUT2D eigenvalue weighted by molar-refractivity contribution is 5.95. The van der Waals surface area contributed by atoms with Gasteiger partial charge in [-0.3, -0.25) is 9.69 Å². The van der Waals surface area contributed by atoms with Crippen molar-refractivity contribution in [2.45, 2.75) is 38.9 Å². The van der Waals surface area contributed by atoms with Crippen molar-refractivity contribution in [1.29, 1.82) is 0 Å². The second-order valence-corrected chi connectivity index (χ2v) is 9.50. The SMILES string of the molecule is COCCCOc1cc(C(=O)N(CC2CNCC2N(C)Cc2ccccc2)C(C)C)ccc1OC. The second-order valence-electron chi connectivity index (χ2n) is 9.50. The summed E-state index contributed by atoms with van der Waals surface area (Å²) in [4.78, 5) is 18.0. The van der Waals surface area contributed by atoms with Gasteiger partial charge in [0, 0.05) is 69.9 Å². The molecule has 1 fully saturated rings. The number of hydrogen-bond acceptors (Lipinski definition) is 6. The van der Waals surface area contributed by atoms with Crippen LogP contribution in [-0.2, 0) is 11.3 Å². The number of likely N-dealkylation sites (N-methyl/N-ethyl adjacent to an activating group) is 1. The van der Waals surface area contributed by atoms with Crippen molar-refractivity contribution >= 4 is 5.91 Å². The Hall–Kier alpha value is -2.61. The van der Waals surface area contributed by atoms with Gasteiger partial charge in [0.25, 0.3) is 5.91 Å². The topological polar surface area (TPSA) is 63.3 Å². The molecule has 3 rings (SSSR count). The van der Waals surface area contributed by atoms with Gasteiger partial charge in [0.05, 0.1) is 13.7 Å². The summed E-state index contributed by atoms with van der Waals surface area (Å²) >= 11 is 0. The van der Waals surface area contributed by atoms with E-state index in [1.807, 2.05) is 23.1 Å². The molecule has 0 radical (unpaired) electrons. The molecule has 0 spiro atoms. The first kappa shape index (κ1) is 27.0. The van der Waals surface area contributed by atoms with Gasteiger partial charge >= 0.3 is 0 Å². The van der Waals surface area contributed by atoms with Crippen LogP contribution in [0.4, 0.5) is 0 Å². The Kier molecular flexibility index (Phi) is 10.4. The Labute approximate surface area is 210 Å². The first-order chi connectivity index (χ1) is 16.9. The van der Waals surface area contributed by atoms with E-state index in [0.717, 1.165) is 26.1 Å². The number of benzene rings is 2. The Balaban J connectivity index is 1.71. The van der Waals surface area contributed by atoms with Gasteiger partial charge in [0.2, 0.25) is 0 Å². The zero-order chi connectivity index (χ0) is 25.2. The van der Waals surface area contributed by atoms with Crippen LogP contribution in [0, 0.1) is 5.92 Å². The van der Waals surface area contributed by atoms with Crippen molar-refractivity contribution in [3.05, 3.63) is 59.7 Å². The maximum Gasteiger partial charge on any atom is 0.254 e. The zero-order valence-corrected chi connectivity index (χ0v) is 21.8. The van der Waals surface area contributed by atoms with E-state index in [1.165, 1.54) is 5.56 Å². The predicted octanol–water partition coefficient (Wildman–Crippen LogP) is 3.68. The minimum absolute atomic E-state index is 0.0146. The van der Waals surface area contributed by atoms with E-state index in [1.54, 1.807) is 20.3 Å². The van der Waals surface area contributed by atoms with Gasteiger partial charge in [0.15, 0.2) is 11.5 Å². The lowest BCUT2D eigenvalue weighted by molar-refractivity contribution is 0.0639. The monoisotopic (exact) mass is 483 g/mol. The molecule has 2 unspecified atom stereocenters. The summed E-state index contributed by atoms with van der Waals surface area (Å²) in [7, 11) is 5.46. The molecule has 0 saturated carbocycles. The highest BCUT2D eigenvalue weighted by Gasteiger charge is 2.34. The minimum atomic E-state index is 0.0146. The van der Waals surface area contributed by atoms with E-state index in [-0.39, 0.29) is 11.9 Å². The minimum Gasteiger partial charge on any atom is -0.493 e. The highest BCUT2D eigenvalue weighted by atomic mass is 16.5. The molecule has 0 aromatic heterocycles. The fourth-order valence-electron chi connectivity index (χ4n) is 4.66. The molecule has 1 N–H and O–H groups in total. The number of methoxy groups -OCH3 is 2. The molecule has 192 valence electrons. The van der Waals surface area contributed by atoms with Gasteiger partial charge < -0.3 is 24.4 Å². The molecule has 1 heterocycles. The van der Waals surface area contributed by atoms with E-state index in [9.17, 15) is 4.79 Å². The number of carbonyl (C=O) groups excluding carboxylic acids is 1. The van der Waals surface area contributed by atoms with E-state index < -0.39 is 0 Å². The molecule has 7 heteroatoms. The fourth-order valence-corrected chi connectivity index (χ4v) is 4.66. The largest absolute Gasteiger partial charge is 0.493 e. The van der Waals surface area contributed by atoms with Crippen LogP contribution in [0.2, 0.25) is 0 Å². The molecule has 0 aliphatic carbocycles. The lowest BCUT2D eigenvalue weighted by Gasteiger charge is -2.35. The van der Waals surface area contributed by atoms with Crippen molar-refractivity contribution in [1.82, 2.24) is 15.1 Å². The van der Waals surface area contributed by atoms with Crippen molar-refractivity contribution in [3.8, 4) is 11.5 Å². The number of nitrogens with zero attached hydrogens (tertiary/aromatic N) is 2. The first-order valence-corrected chi connectivity index (χ1v) is 12.5. The molecule has 2 aromatic rings. The van der Waals surface area contributed by atoms with E-state index in [4.69, 9.17) is 14.2 Å². The average Bonchev–Trinajstić information content (AvgIpc) is 3.33. The third kappa shape index (κ3) is 7.43. The number of rotatable bonds is 13. The van der Waals surface area contributed by atoms with E-state index in [0.29, 0.717) is 48.8 Å². The standard InChI is InChI=1S/C28H41N3O4/c1-21(2)31(20-24-17-29-18-25(24)30(3)19-22-10-7-6-8-11-22)28(32)23-12-13-26(34-5)27(16-23)35-15-9-14-33-4/h6-8,10-13,16,21,24-25,29H,9,14-15,17-20H2,1-5H3. The van der Waals surface area contributed by atoms with Crippen LogP contribution in [-0.4, -0.2) is 81.9 Å². The van der Waals surface area contributed by atoms with Crippen molar-refractivity contribution in [3.63, 3.8) is 0 Å². The Morgan fingerprint density at radius 1 is 1.06 bits per heavy atom. The molecule has 2 aromatic carbocycles. The summed E-state index contributed by atoms with van der Waals surface area (Å²) in [6.45, 7) is 8.69. The lowest BCUT2D eigenvalue weighted by Crippen LogP contribution is -2.46. The number of nitrogens with one attached hydrogen (secondary N) is 1. The molecule has 35 heavy (non-hydrogen) atoms. The predicted molar refractivity (Wildman–Crippen MR) is 139 cm³/mol. The molecule has 7 nitrogen and oxygen atoms in total. The lowest BCUT2D eigenvalue weighted by atomic mass is 9.99. The van der Waals surface area contributed by atoms with Gasteiger partial charge in [-0.2, -0.15) is 0 Å². The smallest absolute Gasteiger partial charge is 0.254 e. The van der Waals surface area contributed by atoms with E-state index >= 15 is 0 Å². The third-order valence-corrected chi connectivity index (χ3v) is 6.62. The summed E-state index contributed by atoms with van der Waals surface area (Å²) in [6, 6.07) is 16.4. The maximum absolute atomic E-state index is 13.6. The van der Waals surface area contributed by atoms with Crippen LogP contribution in [0.5, 0.6) is 11.5 Å². The molecule has 1 aliphatic heterocycles. The zero-order valence-electron chi connectivity index (χ0n) is 21.8. The normalized spacial score (nSPS) is 17.7. The molecule has 1 aliphatic rings. The van der Waals surface area contributed by atoms with Gasteiger partial charge in [-0.05, 0) is 44.7 Å². The van der Waals surface area contributed by atoms with Crippen LogP contribution < -0.4 is 14.8 Å². The number of hydrogen-bond donors (Lipinski definition) is 1. The number of ether oxygens (including phenoxy) is 3. The van der Waals surface area contributed by atoms with Crippen LogP contribution >= 0.6 is 0 Å². The molecule has 2 atom stereocenters. The maximum atomic E-state index is 13.6. The summed E-state index contributed by atoms with van der Waals surface area (Å²) in [5.74, 6) is 1.57. The fraction of sp³-hybridized carbons (Fsp3) is 0.536. The van der Waals surface area contributed by atoms with Crippen LogP contribution in [0.15, 0.2) is 48.5 Å². The summed E-state index contributed by atoms with van der Waals surface area (Å²) < 4.78 is 16.5. The van der Waals surface area contributed by atoms with Gasteiger partial charge in [-0.1, -0.05) is 30.3 Å². The van der Waals surface area contributed by atoms with Crippen LogP contribution in [0.3, 0.4) is 0 Å². The Morgan fingerprint density at radius 3 is 2.51 bits per heavy atom. The molecular weight excluding hydrogens is 442 g/mol. The van der Waals surface area contributed by atoms with Crippen LogP contribution in [0.1, 0.15) is 36.2 Å². The molecule has 1 amide bonds. The Bertz CT molecular complexity index is 922. The molecule has 1 saturated heterocycles. The molecular formula is C28H41N3O4. The van der Waals surface area contributed by atoms with Crippen molar-refractivity contribution < 1.29 is 19.0 Å². The highest BCUT2D eigenvalue weighted by Crippen LogP contribution is 2.29. The van der Waals surface area contributed by atoms with Crippen molar-refractivity contribution in [2.24, 2.45) is 5.92 Å². The summed E-state index contributed by atoms with van der Waals surface area (Å²) in [5.41, 5.74) is 1.91. The molecule has 0 bridgehead atoms. The van der Waals surface area contributed by atoms with Crippen molar-refractivity contribution in [2.75, 3.05) is 54.1 Å². The third-order valence-electron chi connectivity index (χ3n) is 6.62. The van der Waals surface area contributed by atoms with Crippen LogP contribution in [0.25, 0.3) is 0 Å². The summed E-state index contributed by atoms with van der Waals surface area (Å²) in [5, 5.41) is 3.54. The van der Waals surface area contributed by atoms with Gasteiger partial charge in [-0.25, -0.2) is 0 Å². The average molecular weight is 484 g/mol. The Morgan fingerprint density at radius 2 is 1.83 bits per heavy atom. The number of amides is 1.